The second kappa shape index (κ2) is 8.18. The lowest BCUT2D eigenvalue weighted by molar-refractivity contribution is 0.281. The molecule has 20 heavy (non-hydrogen) atoms. The first-order chi connectivity index (χ1) is 9.54. The summed E-state index contributed by atoms with van der Waals surface area (Å²) in [5, 5.41) is 11.7. The van der Waals surface area contributed by atoms with Crippen LogP contribution in [0, 0.1) is 0 Å². The summed E-state index contributed by atoms with van der Waals surface area (Å²) in [4.78, 5) is 4.28. The molecule has 0 unspecified atom stereocenters. The lowest BCUT2D eigenvalue weighted by Crippen LogP contribution is -2.29. The highest BCUT2D eigenvalue weighted by molar-refractivity contribution is 7.89. The van der Waals surface area contributed by atoms with E-state index in [1.807, 2.05) is 6.92 Å². The van der Waals surface area contributed by atoms with E-state index in [4.69, 9.17) is 5.11 Å². The van der Waals surface area contributed by atoms with Crippen LogP contribution in [0.5, 0.6) is 0 Å². The SMILES string of the molecule is CCNc1ncccc1S(=O)(=O)N(C)CCCCCO. The standard InChI is InChI=1S/C13H23N3O3S/c1-3-14-13-12(8-7-9-15-13)20(18,19)16(2)10-5-4-6-11-17/h7-9,17H,3-6,10-11H2,1-2H3,(H,14,15). The Morgan fingerprint density at radius 3 is 2.75 bits per heavy atom. The van der Waals surface area contributed by atoms with Crippen molar-refractivity contribution in [2.24, 2.45) is 0 Å². The van der Waals surface area contributed by atoms with E-state index in [0.29, 0.717) is 25.3 Å². The predicted octanol–water partition coefficient (Wildman–Crippen LogP) is 1.30. The molecular formula is C13H23N3O3S. The maximum absolute atomic E-state index is 12.5. The fourth-order valence-electron chi connectivity index (χ4n) is 1.81. The molecule has 0 aliphatic heterocycles. The Morgan fingerprint density at radius 2 is 2.10 bits per heavy atom. The number of hydrogen-bond acceptors (Lipinski definition) is 5. The Hall–Kier alpha value is -1.18. The zero-order chi connectivity index (χ0) is 15.0. The van der Waals surface area contributed by atoms with Crippen molar-refractivity contribution < 1.29 is 13.5 Å². The highest BCUT2D eigenvalue weighted by Gasteiger charge is 2.23. The molecule has 0 aliphatic rings. The molecule has 1 heterocycles. The molecule has 0 spiro atoms. The lowest BCUT2D eigenvalue weighted by atomic mass is 10.2. The average Bonchev–Trinajstić information content (AvgIpc) is 2.44. The molecule has 0 fully saturated rings. The molecule has 1 aromatic heterocycles. The normalized spacial score (nSPS) is 11.8. The molecule has 114 valence electrons. The van der Waals surface area contributed by atoms with Gasteiger partial charge in [-0.1, -0.05) is 0 Å². The van der Waals surface area contributed by atoms with Gasteiger partial charge in [0, 0.05) is 32.9 Å². The first-order valence-corrected chi connectivity index (χ1v) is 8.24. The van der Waals surface area contributed by atoms with Crippen LogP contribution in [0.15, 0.2) is 23.2 Å². The van der Waals surface area contributed by atoms with Crippen LogP contribution in [0.4, 0.5) is 5.82 Å². The highest BCUT2D eigenvalue weighted by atomic mass is 32.2. The van der Waals surface area contributed by atoms with Crippen molar-refractivity contribution in [1.82, 2.24) is 9.29 Å². The third kappa shape index (κ3) is 4.43. The van der Waals surface area contributed by atoms with Gasteiger partial charge in [-0.2, -0.15) is 0 Å². The quantitative estimate of drug-likeness (QED) is 0.672. The van der Waals surface area contributed by atoms with Crippen molar-refractivity contribution in [2.75, 3.05) is 32.1 Å². The van der Waals surface area contributed by atoms with E-state index >= 15 is 0 Å². The number of anilines is 1. The first-order valence-electron chi connectivity index (χ1n) is 6.80. The van der Waals surface area contributed by atoms with E-state index < -0.39 is 10.0 Å². The van der Waals surface area contributed by atoms with Crippen LogP contribution >= 0.6 is 0 Å². The molecule has 0 aliphatic carbocycles. The highest BCUT2D eigenvalue weighted by Crippen LogP contribution is 2.21. The minimum absolute atomic E-state index is 0.142. The van der Waals surface area contributed by atoms with Crippen molar-refractivity contribution >= 4 is 15.8 Å². The molecule has 6 nitrogen and oxygen atoms in total. The lowest BCUT2D eigenvalue weighted by Gasteiger charge is -2.18. The van der Waals surface area contributed by atoms with Gasteiger partial charge in [-0.05, 0) is 38.3 Å². The van der Waals surface area contributed by atoms with Crippen molar-refractivity contribution in [1.29, 1.82) is 0 Å². The summed E-state index contributed by atoms with van der Waals surface area (Å²) in [5.41, 5.74) is 0. The zero-order valence-corrected chi connectivity index (χ0v) is 12.9. The fourth-order valence-corrected chi connectivity index (χ4v) is 3.14. The summed E-state index contributed by atoms with van der Waals surface area (Å²) in [6.07, 6.45) is 3.80. The molecule has 2 N–H and O–H groups in total. The number of nitrogens with one attached hydrogen (secondary N) is 1. The number of sulfonamides is 1. The van der Waals surface area contributed by atoms with Gasteiger partial charge < -0.3 is 10.4 Å². The number of aliphatic hydroxyl groups excluding tert-OH is 1. The van der Waals surface area contributed by atoms with Gasteiger partial charge in [0.2, 0.25) is 10.0 Å². The van der Waals surface area contributed by atoms with Crippen molar-refractivity contribution in [3.05, 3.63) is 18.3 Å². The van der Waals surface area contributed by atoms with Gasteiger partial charge in [0.25, 0.3) is 0 Å². The predicted molar refractivity (Wildman–Crippen MR) is 79.2 cm³/mol. The summed E-state index contributed by atoms with van der Waals surface area (Å²) in [6.45, 7) is 3.08. The van der Waals surface area contributed by atoms with Crippen LogP contribution in [-0.4, -0.2) is 49.6 Å². The summed E-state index contributed by atoms with van der Waals surface area (Å²) in [7, 11) is -1.97. The van der Waals surface area contributed by atoms with Gasteiger partial charge >= 0.3 is 0 Å². The van der Waals surface area contributed by atoms with E-state index in [9.17, 15) is 8.42 Å². The van der Waals surface area contributed by atoms with Crippen molar-refractivity contribution in [3.63, 3.8) is 0 Å². The molecule has 0 saturated carbocycles. The minimum Gasteiger partial charge on any atom is -0.396 e. The molecule has 0 amide bonds. The number of unbranched alkanes of at least 4 members (excludes halogenated alkanes) is 2. The molecule has 0 aromatic carbocycles. The molecule has 0 saturated heterocycles. The van der Waals surface area contributed by atoms with Gasteiger partial charge in [0.1, 0.15) is 10.7 Å². The largest absolute Gasteiger partial charge is 0.396 e. The first kappa shape index (κ1) is 16.9. The molecule has 0 bridgehead atoms. The number of aromatic nitrogens is 1. The summed E-state index contributed by atoms with van der Waals surface area (Å²) >= 11 is 0. The van der Waals surface area contributed by atoms with Gasteiger partial charge in [-0.25, -0.2) is 17.7 Å². The van der Waals surface area contributed by atoms with E-state index in [1.54, 1.807) is 25.4 Å². The van der Waals surface area contributed by atoms with E-state index in [0.717, 1.165) is 12.8 Å². The third-order valence-electron chi connectivity index (χ3n) is 2.93. The smallest absolute Gasteiger partial charge is 0.246 e. The molecule has 1 aromatic rings. The monoisotopic (exact) mass is 301 g/mol. The second-order valence-electron chi connectivity index (χ2n) is 4.49. The van der Waals surface area contributed by atoms with Crippen molar-refractivity contribution in [2.45, 2.75) is 31.1 Å². The minimum atomic E-state index is -3.53. The molecule has 1 rings (SSSR count). The Kier molecular flexibility index (Phi) is 6.90. The molecule has 0 atom stereocenters. The van der Waals surface area contributed by atoms with Crippen LogP contribution in [0.2, 0.25) is 0 Å². The number of rotatable bonds is 9. The zero-order valence-electron chi connectivity index (χ0n) is 12.0. The van der Waals surface area contributed by atoms with E-state index in [1.165, 1.54) is 4.31 Å². The Bertz CT molecular complexity index is 505. The van der Waals surface area contributed by atoms with Crippen molar-refractivity contribution in [3.8, 4) is 0 Å². The van der Waals surface area contributed by atoms with Crippen LogP contribution in [-0.2, 0) is 10.0 Å². The second-order valence-corrected chi connectivity index (χ2v) is 6.50. The Balaban J connectivity index is 2.82. The van der Waals surface area contributed by atoms with Gasteiger partial charge in [-0.15, -0.1) is 0 Å². The van der Waals surface area contributed by atoms with Gasteiger partial charge in [0.15, 0.2) is 0 Å². The number of aliphatic hydroxyl groups is 1. The summed E-state index contributed by atoms with van der Waals surface area (Å²) in [5.74, 6) is 0.386. The molecule has 7 heteroatoms. The molecular weight excluding hydrogens is 278 g/mol. The maximum atomic E-state index is 12.5. The summed E-state index contributed by atoms with van der Waals surface area (Å²) in [6, 6.07) is 3.18. The van der Waals surface area contributed by atoms with Crippen LogP contribution < -0.4 is 5.32 Å². The van der Waals surface area contributed by atoms with E-state index in [-0.39, 0.29) is 11.5 Å². The number of nitrogens with zero attached hydrogens (tertiary/aromatic N) is 2. The maximum Gasteiger partial charge on any atom is 0.246 e. The van der Waals surface area contributed by atoms with E-state index in [2.05, 4.69) is 10.3 Å². The third-order valence-corrected chi connectivity index (χ3v) is 4.82. The fraction of sp³-hybridized carbons (Fsp3) is 0.615. The van der Waals surface area contributed by atoms with Crippen LogP contribution in [0.3, 0.4) is 0 Å². The Labute approximate surface area is 120 Å². The number of hydrogen-bond donors (Lipinski definition) is 2. The number of pyridine rings is 1. The average molecular weight is 301 g/mol. The van der Waals surface area contributed by atoms with Gasteiger partial charge in [0.05, 0.1) is 0 Å². The topological polar surface area (TPSA) is 82.5 Å². The molecule has 0 radical (unpaired) electrons. The van der Waals surface area contributed by atoms with Gasteiger partial charge in [-0.3, -0.25) is 0 Å². The summed E-state index contributed by atoms with van der Waals surface area (Å²) < 4.78 is 26.3. The Morgan fingerprint density at radius 1 is 1.35 bits per heavy atom. The van der Waals surface area contributed by atoms with Crippen LogP contribution in [0.1, 0.15) is 26.2 Å². The van der Waals surface area contributed by atoms with Crippen LogP contribution in [0.25, 0.3) is 0 Å².